The van der Waals surface area contributed by atoms with Crippen molar-refractivity contribution in [3.8, 4) is 11.4 Å². The topological polar surface area (TPSA) is 48.9 Å². The quantitative estimate of drug-likeness (QED) is 0.908. The summed E-state index contributed by atoms with van der Waals surface area (Å²) < 4.78 is 0.775. The molecule has 0 aliphatic rings. The standard InChI is InChI=1S/C12H13BrN2O/c1-8-2-4-9(5-3-8)12-14-10(6-7-16)11(13)15-12/h2-5,16H,6-7H2,1H3,(H,14,15). The maximum Gasteiger partial charge on any atom is 0.138 e. The average molecular weight is 281 g/mol. The molecule has 4 heteroatoms. The van der Waals surface area contributed by atoms with Gasteiger partial charge in [0.2, 0.25) is 0 Å². The van der Waals surface area contributed by atoms with Crippen LogP contribution in [-0.2, 0) is 6.42 Å². The summed E-state index contributed by atoms with van der Waals surface area (Å²) in [5, 5.41) is 8.89. The summed E-state index contributed by atoms with van der Waals surface area (Å²) >= 11 is 3.38. The summed E-state index contributed by atoms with van der Waals surface area (Å²) in [5.74, 6) is 0.829. The van der Waals surface area contributed by atoms with Gasteiger partial charge in [0.25, 0.3) is 0 Å². The molecule has 0 unspecified atom stereocenters. The number of rotatable bonds is 3. The van der Waals surface area contributed by atoms with E-state index in [-0.39, 0.29) is 6.61 Å². The Labute approximate surface area is 103 Å². The predicted octanol–water partition coefficient (Wildman–Crippen LogP) is 2.68. The first-order valence-electron chi connectivity index (χ1n) is 5.13. The van der Waals surface area contributed by atoms with Crippen LogP contribution in [0.2, 0.25) is 0 Å². The number of hydrogen-bond acceptors (Lipinski definition) is 2. The van der Waals surface area contributed by atoms with Crippen molar-refractivity contribution in [2.24, 2.45) is 0 Å². The van der Waals surface area contributed by atoms with Crippen molar-refractivity contribution in [2.75, 3.05) is 6.61 Å². The molecular formula is C12H13BrN2O. The third-order valence-corrected chi connectivity index (χ3v) is 3.07. The third-order valence-electron chi connectivity index (χ3n) is 2.42. The van der Waals surface area contributed by atoms with Crippen LogP contribution in [0.3, 0.4) is 0 Å². The minimum Gasteiger partial charge on any atom is -0.396 e. The molecule has 0 saturated carbocycles. The van der Waals surface area contributed by atoms with Gasteiger partial charge in [0.05, 0.1) is 5.69 Å². The molecule has 0 saturated heterocycles. The fourth-order valence-corrected chi connectivity index (χ4v) is 1.99. The van der Waals surface area contributed by atoms with Gasteiger partial charge < -0.3 is 10.1 Å². The second-order valence-electron chi connectivity index (χ2n) is 3.69. The number of aromatic amines is 1. The van der Waals surface area contributed by atoms with Gasteiger partial charge in [0, 0.05) is 18.6 Å². The first kappa shape index (κ1) is 11.4. The van der Waals surface area contributed by atoms with Crippen LogP contribution in [0.25, 0.3) is 11.4 Å². The van der Waals surface area contributed by atoms with Gasteiger partial charge in [0.15, 0.2) is 0 Å². The number of benzene rings is 1. The van der Waals surface area contributed by atoms with Crippen molar-refractivity contribution < 1.29 is 5.11 Å². The number of hydrogen-bond donors (Lipinski definition) is 2. The summed E-state index contributed by atoms with van der Waals surface area (Å²) in [5.41, 5.74) is 3.21. The number of aryl methyl sites for hydroxylation is 1. The third kappa shape index (κ3) is 2.33. The van der Waals surface area contributed by atoms with Crippen LogP contribution < -0.4 is 0 Å². The number of aliphatic hydroxyl groups excluding tert-OH is 1. The van der Waals surface area contributed by atoms with Gasteiger partial charge in [-0.15, -0.1) is 0 Å². The van der Waals surface area contributed by atoms with E-state index in [1.807, 2.05) is 12.1 Å². The number of nitrogens with zero attached hydrogens (tertiary/aromatic N) is 1. The summed E-state index contributed by atoms with van der Waals surface area (Å²) in [6.07, 6.45) is 0.583. The van der Waals surface area contributed by atoms with Crippen molar-refractivity contribution in [1.82, 2.24) is 9.97 Å². The molecular weight excluding hydrogens is 268 g/mol. The Morgan fingerprint density at radius 3 is 2.62 bits per heavy atom. The van der Waals surface area contributed by atoms with E-state index in [0.717, 1.165) is 21.7 Å². The number of halogens is 1. The van der Waals surface area contributed by atoms with E-state index in [9.17, 15) is 0 Å². The Kier molecular flexibility index (Phi) is 3.41. The van der Waals surface area contributed by atoms with Gasteiger partial charge in [-0.05, 0) is 22.9 Å². The number of nitrogens with one attached hydrogen (secondary N) is 1. The van der Waals surface area contributed by atoms with Gasteiger partial charge in [-0.3, -0.25) is 0 Å². The monoisotopic (exact) mass is 280 g/mol. The number of imidazole rings is 1. The van der Waals surface area contributed by atoms with Crippen molar-refractivity contribution in [3.05, 3.63) is 40.1 Å². The molecule has 1 heterocycles. The molecule has 0 bridgehead atoms. The molecule has 1 aromatic carbocycles. The van der Waals surface area contributed by atoms with Crippen LogP contribution in [0.5, 0.6) is 0 Å². The molecule has 3 nitrogen and oxygen atoms in total. The zero-order valence-corrected chi connectivity index (χ0v) is 10.6. The lowest BCUT2D eigenvalue weighted by atomic mass is 10.1. The number of H-pyrrole nitrogens is 1. The summed E-state index contributed by atoms with van der Waals surface area (Å²) in [6, 6.07) is 8.17. The van der Waals surface area contributed by atoms with Gasteiger partial charge in [-0.1, -0.05) is 29.8 Å². The fourth-order valence-electron chi connectivity index (χ4n) is 1.51. The van der Waals surface area contributed by atoms with Gasteiger partial charge >= 0.3 is 0 Å². The number of aromatic nitrogens is 2. The highest BCUT2D eigenvalue weighted by atomic mass is 79.9. The van der Waals surface area contributed by atoms with Crippen molar-refractivity contribution in [2.45, 2.75) is 13.3 Å². The Morgan fingerprint density at radius 1 is 1.31 bits per heavy atom. The first-order chi connectivity index (χ1) is 7.70. The summed E-state index contributed by atoms with van der Waals surface area (Å²) in [6.45, 7) is 2.17. The minimum absolute atomic E-state index is 0.119. The van der Waals surface area contributed by atoms with Crippen LogP contribution in [0.1, 0.15) is 11.3 Å². The second-order valence-corrected chi connectivity index (χ2v) is 4.45. The Hall–Kier alpha value is -1.13. The van der Waals surface area contributed by atoms with Crippen LogP contribution >= 0.6 is 15.9 Å². The van der Waals surface area contributed by atoms with E-state index in [4.69, 9.17) is 5.11 Å². The van der Waals surface area contributed by atoms with Crippen LogP contribution in [-0.4, -0.2) is 21.7 Å². The molecule has 0 aliphatic heterocycles. The second kappa shape index (κ2) is 4.80. The van der Waals surface area contributed by atoms with E-state index in [1.54, 1.807) is 0 Å². The molecule has 0 aliphatic carbocycles. The average Bonchev–Trinajstić information content (AvgIpc) is 2.62. The van der Waals surface area contributed by atoms with Crippen LogP contribution in [0.15, 0.2) is 28.9 Å². The molecule has 16 heavy (non-hydrogen) atoms. The van der Waals surface area contributed by atoms with Crippen molar-refractivity contribution in [1.29, 1.82) is 0 Å². The predicted molar refractivity (Wildman–Crippen MR) is 67.3 cm³/mol. The van der Waals surface area contributed by atoms with Gasteiger partial charge in [-0.2, -0.15) is 0 Å². The SMILES string of the molecule is Cc1ccc(-c2nc(Br)c(CCO)[nH]2)cc1. The van der Waals surface area contributed by atoms with Crippen molar-refractivity contribution in [3.63, 3.8) is 0 Å². The lowest BCUT2D eigenvalue weighted by molar-refractivity contribution is 0.298. The van der Waals surface area contributed by atoms with E-state index >= 15 is 0 Å². The molecule has 2 aromatic rings. The minimum atomic E-state index is 0.119. The molecule has 0 atom stereocenters. The Morgan fingerprint density at radius 2 is 2.00 bits per heavy atom. The molecule has 1 aromatic heterocycles. The Bertz CT molecular complexity index is 476. The summed E-state index contributed by atoms with van der Waals surface area (Å²) in [4.78, 5) is 7.58. The van der Waals surface area contributed by atoms with Gasteiger partial charge in [-0.25, -0.2) is 4.98 Å². The lowest BCUT2D eigenvalue weighted by Gasteiger charge is -1.97. The molecule has 2 rings (SSSR count). The summed E-state index contributed by atoms with van der Waals surface area (Å²) in [7, 11) is 0. The van der Waals surface area contributed by atoms with E-state index in [1.165, 1.54) is 5.56 Å². The maximum absolute atomic E-state index is 8.89. The molecule has 0 radical (unpaired) electrons. The lowest BCUT2D eigenvalue weighted by Crippen LogP contribution is -1.91. The normalized spacial score (nSPS) is 10.7. The molecule has 0 fully saturated rings. The van der Waals surface area contributed by atoms with Crippen LogP contribution in [0, 0.1) is 6.92 Å². The van der Waals surface area contributed by atoms with Crippen LogP contribution in [0.4, 0.5) is 0 Å². The number of aliphatic hydroxyl groups is 1. The molecule has 2 N–H and O–H groups in total. The highest BCUT2D eigenvalue weighted by Gasteiger charge is 2.08. The maximum atomic E-state index is 8.89. The zero-order chi connectivity index (χ0) is 11.5. The van der Waals surface area contributed by atoms with E-state index in [2.05, 4.69) is 45.0 Å². The fraction of sp³-hybridized carbons (Fsp3) is 0.250. The van der Waals surface area contributed by atoms with Crippen molar-refractivity contribution >= 4 is 15.9 Å². The largest absolute Gasteiger partial charge is 0.396 e. The molecule has 0 spiro atoms. The first-order valence-corrected chi connectivity index (χ1v) is 5.92. The Balaban J connectivity index is 2.33. The molecule has 84 valence electrons. The smallest absolute Gasteiger partial charge is 0.138 e. The molecule has 0 amide bonds. The highest BCUT2D eigenvalue weighted by molar-refractivity contribution is 9.10. The van der Waals surface area contributed by atoms with E-state index in [0.29, 0.717) is 6.42 Å². The zero-order valence-electron chi connectivity index (χ0n) is 9.00. The van der Waals surface area contributed by atoms with Gasteiger partial charge in [0.1, 0.15) is 10.4 Å². The highest BCUT2D eigenvalue weighted by Crippen LogP contribution is 2.22. The van der Waals surface area contributed by atoms with E-state index < -0.39 is 0 Å².